The molecule has 0 saturated carbocycles. The van der Waals surface area contributed by atoms with E-state index in [1.807, 2.05) is 67.3 Å². The largest absolute Gasteiger partial charge is 0.341 e. The fourth-order valence-corrected chi connectivity index (χ4v) is 4.13. The van der Waals surface area contributed by atoms with E-state index in [0.29, 0.717) is 39.0 Å². The van der Waals surface area contributed by atoms with Crippen LogP contribution in [-0.4, -0.2) is 53.7 Å². The zero-order valence-corrected chi connectivity index (χ0v) is 19.7. The maximum Gasteiger partial charge on any atom is 0.249 e. The summed E-state index contributed by atoms with van der Waals surface area (Å²) in [6.07, 6.45) is 2.60. The highest BCUT2D eigenvalue weighted by atomic mass is 16.2. The molecule has 6 heteroatoms. The molecule has 1 aliphatic heterocycles. The first kappa shape index (κ1) is 24.5. The molecule has 1 N–H and O–H groups in total. The highest BCUT2D eigenvalue weighted by Crippen LogP contribution is 2.18. The summed E-state index contributed by atoms with van der Waals surface area (Å²) < 4.78 is 0. The lowest BCUT2D eigenvalue weighted by atomic mass is 10.0. The minimum atomic E-state index is -0.703. The maximum atomic E-state index is 13.3. The van der Waals surface area contributed by atoms with Gasteiger partial charge < -0.3 is 15.1 Å². The summed E-state index contributed by atoms with van der Waals surface area (Å²) in [5, 5.41) is 2.93. The number of carbonyl (C=O) groups excluding carboxylic acids is 3. The molecule has 2 aromatic carbocycles. The van der Waals surface area contributed by atoms with Gasteiger partial charge in [0.2, 0.25) is 17.7 Å². The van der Waals surface area contributed by atoms with Crippen LogP contribution in [0.4, 0.5) is 0 Å². The number of hydrogen-bond donors (Lipinski definition) is 1. The summed E-state index contributed by atoms with van der Waals surface area (Å²) in [4.78, 5) is 42.0. The number of hydrogen-bond acceptors (Lipinski definition) is 3. The number of piperazine rings is 1. The van der Waals surface area contributed by atoms with Crippen LogP contribution in [-0.2, 0) is 20.8 Å². The summed E-state index contributed by atoms with van der Waals surface area (Å²) in [6, 6.07) is 18.8. The van der Waals surface area contributed by atoms with E-state index in [2.05, 4.69) is 17.4 Å². The summed E-state index contributed by atoms with van der Waals surface area (Å²) in [5.74, 6) is 0.116. The van der Waals surface area contributed by atoms with Gasteiger partial charge in [-0.15, -0.1) is 0 Å². The third-order valence-electron chi connectivity index (χ3n) is 5.92. The molecule has 2 aromatic rings. The molecule has 3 amide bonds. The molecule has 0 aliphatic carbocycles. The quantitative estimate of drug-likeness (QED) is 0.636. The van der Waals surface area contributed by atoms with E-state index in [1.54, 1.807) is 4.90 Å². The van der Waals surface area contributed by atoms with Gasteiger partial charge in [0.25, 0.3) is 0 Å². The molecule has 1 atom stereocenters. The molecule has 0 bridgehead atoms. The van der Waals surface area contributed by atoms with Crippen LogP contribution in [0, 0.1) is 5.92 Å². The number of nitrogens with zero attached hydrogens (tertiary/aromatic N) is 2. The van der Waals surface area contributed by atoms with E-state index < -0.39 is 6.04 Å². The Hall–Kier alpha value is -3.15. The van der Waals surface area contributed by atoms with Crippen molar-refractivity contribution in [2.24, 2.45) is 5.92 Å². The summed E-state index contributed by atoms with van der Waals surface area (Å²) in [5.41, 5.74) is 2.02. The predicted octanol–water partition coefficient (Wildman–Crippen LogP) is 3.58. The maximum absolute atomic E-state index is 13.3. The number of amides is 3. The van der Waals surface area contributed by atoms with Crippen LogP contribution < -0.4 is 5.32 Å². The summed E-state index contributed by atoms with van der Waals surface area (Å²) in [6.45, 7) is 5.97. The lowest BCUT2D eigenvalue weighted by Crippen LogP contribution is -2.53. The second-order valence-electron chi connectivity index (χ2n) is 9.05. The average molecular weight is 450 g/mol. The fraction of sp³-hybridized carbons (Fsp3) is 0.444. The third-order valence-corrected chi connectivity index (χ3v) is 5.92. The number of aryl methyl sites for hydroxylation is 1. The highest BCUT2D eigenvalue weighted by molar-refractivity contribution is 5.89. The van der Waals surface area contributed by atoms with Gasteiger partial charge in [-0.25, -0.2) is 0 Å². The molecule has 0 radical (unpaired) electrons. The van der Waals surface area contributed by atoms with Gasteiger partial charge in [0.05, 0.1) is 0 Å². The standard InChI is InChI=1S/C27H35N3O3/c1-21(2)20-24(31)28-26(23-13-7-4-8-14-23)27(33)30-18-16-29(17-19-30)25(32)15-9-12-22-10-5-3-6-11-22/h3-8,10-11,13-14,21,26H,9,12,15-20H2,1-2H3,(H,28,31). The Morgan fingerprint density at radius 3 is 2.03 bits per heavy atom. The van der Waals surface area contributed by atoms with Crippen molar-refractivity contribution in [2.75, 3.05) is 26.2 Å². The van der Waals surface area contributed by atoms with Crippen molar-refractivity contribution in [1.29, 1.82) is 0 Å². The van der Waals surface area contributed by atoms with Crippen LogP contribution in [0.5, 0.6) is 0 Å². The number of carbonyl (C=O) groups is 3. The van der Waals surface area contributed by atoms with Crippen molar-refractivity contribution in [1.82, 2.24) is 15.1 Å². The van der Waals surface area contributed by atoms with Crippen LogP contribution in [0.15, 0.2) is 60.7 Å². The normalized spacial score (nSPS) is 14.8. The van der Waals surface area contributed by atoms with Crippen LogP contribution in [0.1, 0.15) is 50.3 Å². The van der Waals surface area contributed by atoms with Gasteiger partial charge in [-0.3, -0.25) is 14.4 Å². The molecule has 1 unspecified atom stereocenters. The van der Waals surface area contributed by atoms with Gasteiger partial charge in [0.15, 0.2) is 0 Å². The van der Waals surface area contributed by atoms with E-state index in [9.17, 15) is 14.4 Å². The van der Waals surface area contributed by atoms with Crippen molar-refractivity contribution in [3.63, 3.8) is 0 Å². The highest BCUT2D eigenvalue weighted by Gasteiger charge is 2.30. The first-order valence-electron chi connectivity index (χ1n) is 11.9. The van der Waals surface area contributed by atoms with Gasteiger partial charge in [0, 0.05) is 39.0 Å². The minimum absolute atomic E-state index is 0.116. The van der Waals surface area contributed by atoms with Gasteiger partial charge >= 0.3 is 0 Å². The van der Waals surface area contributed by atoms with E-state index in [4.69, 9.17) is 0 Å². The Kier molecular flexibility index (Phi) is 9.04. The smallest absolute Gasteiger partial charge is 0.249 e. The van der Waals surface area contributed by atoms with E-state index in [-0.39, 0.29) is 23.6 Å². The molecule has 1 saturated heterocycles. The third kappa shape index (κ3) is 7.45. The SMILES string of the molecule is CC(C)CC(=O)NC(C(=O)N1CCN(C(=O)CCCc2ccccc2)CC1)c1ccccc1. The Morgan fingerprint density at radius 2 is 1.42 bits per heavy atom. The molecule has 6 nitrogen and oxygen atoms in total. The van der Waals surface area contributed by atoms with E-state index in [1.165, 1.54) is 5.56 Å². The number of benzene rings is 2. The van der Waals surface area contributed by atoms with Crippen LogP contribution >= 0.6 is 0 Å². The lowest BCUT2D eigenvalue weighted by Gasteiger charge is -2.36. The number of rotatable bonds is 9. The molecule has 1 aliphatic rings. The molecular formula is C27H35N3O3. The van der Waals surface area contributed by atoms with Gasteiger partial charge in [-0.2, -0.15) is 0 Å². The molecule has 0 aromatic heterocycles. The van der Waals surface area contributed by atoms with E-state index >= 15 is 0 Å². The second-order valence-corrected chi connectivity index (χ2v) is 9.05. The molecular weight excluding hydrogens is 414 g/mol. The van der Waals surface area contributed by atoms with Gasteiger partial charge in [-0.05, 0) is 29.9 Å². The van der Waals surface area contributed by atoms with Gasteiger partial charge in [0.1, 0.15) is 6.04 Å². The van der Waals surface area contributed by atoms with Gasteiger partial charge in [-0.1, -0.05) is 74.5 Å². The van der Waals surface area contributed by atoms with Crippen molar-refractivity contribution >= 4 is 17.7 Å². The van der Waals surface area contributed by atoms with Crippen LogP contribution in [0.3, 0.4) is 0 Å². The summed E-state index contributed by atoms with van der Waals surface area (Å²) in [7, 11) is 0. The Labute approximate surface area is 197 Å². The van der Waals surface area contributed by atoms with Crippen molar-refractivity contribution < 1.29 is 14.4 Å². The molecule has 176 valence electrons. The van der Waals surface area contributed by atoms with E-state index in [0.717, 1.165) is 18.4 Å². The van der Waals surface area contributed by atoms with Crippen LogP contribution in [0.25, 0.3) is 0 Å². The predicted molar refractivity (Wildman–Crippen MR) is 129 cm³/mol. The van der Waals surface area contributed by atoms with Crippen molar-refractivity contribution in [3.8, 4) is 0 Å². The topological polar surface area (TPSA) is 69.7 Å². The molecule has 1 fully saturated rings. The zero-order valence-electron chi connectivity index (χ0n) is 19.7. The molecule has 3 rings (SSSR count). The van der Waals surface area contributed by atoms with Crippen molar-refractivity contribution in [2.45, 2.75) is 45.6 Å². The molecule has 1 heterocycles. The first-order chi connectivity index (χ1) is 15.9. The second kappa shape index (κ2) is 12.2. The minimum Gasteiger partial charge on any atom is -0.341 e. The molecule has 0 spiro atoms. The van der Waals surface area contributed by atoms with Crippen molar-refractivity contribution in [3.05, 3.63) is 71.8 Å². The summed E-state index contributed by atoms with van der Waals surface area (Å²) >= 11 is 0. The van der Waals surface area contributed by atoms with Crippen LogP contribution in [0.2, 0.25) is 0 Å². The zero-order chi connectivity index (χ0) is 23.6. The average Bonchev–Trinajstić information content (AvgIpc) is 2.83. The fourth-order valence-electron chi connectivity index (χ4n) is 4.13. The number of nitrogens with one attached hydrogen (secondary N) is 1. The Morgan fingerprint density at radius 1 is 0.848 bits per heavy atom. The Balaban J connectivity index is 1.53. The lowest BCUT2D eigenvalue weighted by molar-refractivity contribution is -0.142. The monoisotopic (exact) mass is 449 g/mol. The first-order valence-corrected chi connectivity index (χ1v) is 11.9. The molecule has 33 heavy (non-hydrogen) atoms. The Bertz CT molecular complexity index is 907.